The number of para-hydroxylation sites is 1. The van der Waals surface area contributed by atoms with Crippen LogP contribution < -0.4 is 0 Å². The van der Waals surface area contributed by atoms with Gasteiger partial charge in [0.05, 0.1) is 21.4 Å². The SMILES string of the molecule is Clc1ccc2sc3c(-n4c5ccccc5c5cc(-c6ccccc6)ccc54)cccc3c2c1. The van der Waals surface area contributed by atoms with Gasteiger partial charge in [-0.2, -0.15) is 0 Å². The van der Waals surface area contributed by atoms with Gasteiger partial charge in [-0.1, -0.05) is 78.3 Å². The molecule has 0 spiro atoms. The summed E-state index contributed by atoms with van der Waals surface area (Å²) in [7, 11) is 0. The normalized spacial score (nSPS) is 11.8. The minimum absolute atomic E-state index is 0.776. The van der Waals surface area contributed by atoms with Crippen molar-refractivity contribution in [2.75, 3.05) is 0 Å². The molecule has 0 aliphatic carbocycles. The summed E-state index contributed by atoms with van der Waals surface area (Å²) in [4.78, 5) is 0. The van der Waals surface area contributed by atoms with Crippen molar-refractivity contribution in [2.45, 2.75) is 0 Å². The van der Waals surface area contributed by atoms with Crippen LogP contribution >= 0.6 is 22.9 Å². The maximum atomic E-state index is 6.34. The van der Waals surface area contributed by atoms with E-state index in [2.05, 4.69) is 108 Å². The minimum Gasteiger partial charge on any atom is -0.308 e. The number of hydrogen-bond donors (Lipinski definition) is 0. The third-order valence-electron chi connectivity index (χ3n) is 6.46. The van der Waals surface area contributed by atoms with E-state index < -0.39 is 0 Å². The van der Waals surface area contributed by atoms with E-state index in [-0.39, 0.29) is 0 Å². The Morgan fingerprint density at radius 2 is 1.33 bits per heavy atom. The lowest BCUT2D eigenvalue weighted by Gasteiger charge is -2.10. The fraction of sp³-hybridized carbons (Fsp3) is 0. The van der Waals surface area contributed by atoms with Crippen LogP contribution in [-0.4, -0.2) is 4.57 Å². The summed E-state index contributed by atoms with van der Waals surface area (Å²) < 4.78 is 4.96. The Morgan fingerprint density at radius 3 is 2.24 bits per heavy atom. The highest BCUT2D eigenvalue weighted by Crippen LogP contribution is 2.42. The first-order chi connectivity index (χ1) is 16.3. The van der Waals surface area contributed by atoms with Gasteiger partial charge in [-0.3, -0.25) is 0 Å². The molecule has 0 saturated carbocycles. The lowest BCUT2D eigenvalue weighted by atomic mass is 10.0. The number of halogens is 1. The molecule has 1 nitrogen and oxygen atoms in total. The molecule has 0 bridgehead atoms. The van der Waals surface area contributed by atoms with Crippen molar-refractivity contribution in [3.8, 4) is 16.8 Å². The summed E-state index contributed by atoms with van der Waals surface area (Å²) in [5.41, 5.74) is 6.13. The van der Waals surface area contributed by atoms with Crippen LogP contribution in [0.3, 0.4) is 0 Å². The van der Waals surface area contributed by atoms with E-state index in [0.29, 0.717) is 0 Å². The second kappa shape index (κ2) is 7.21. The van der Waals surface area contributed by atoms with Gasteiger partial charge in [0.25, 0.3) is 0 Å². The van der Waals surface area contributed by atoms with Crippen LogP contribution in [0.25, 0.3) is 58.8 Å². The minimum atomic E-state index is 0.776. The molecule has 0 saturated heterocycles. The molecular weight excluding hydrogens is 442 g/mol. The molecule has 33 heavy (non-hydrogen) atoms. The Kier molecular flexibility index (Phi) is 4.14. The summed E-state index contributed by atoms with van der Waals surface area (Å²) >= 11 is 8.17. The Balaban J connectivity index is 1.58. The smallest absolute Gasteiger partial charge is 0.0640 e. The fourth-order valence-corrected chi connectivity index (χ4v) is 6.33. The molecule has 0 unspecified atom stereocenters. The van der Waals surface area contributed by atoms with E-state index in [0.717, 1.165) is 5.02 Å². The van der Waals surface area contributed by atoms with Crippen LogP contribution in [0.5, 0.6) is 0 Å². The summed E-state index contributed by atoms with van der Waals surface area (Å²) in [6.07, 6.45) is 0. The topological polar surface area (TPSA) is 4.93 Å². The van der Waals surface area contributed by atoms with Gasteiger partial charge in [-0.25, -0.2) is 0 Å². The van der Waals surface area contributed by atoms with Crippen molar-refractivity contribution in [2.24, 2.45) is 0 Å². The summed E-state index contributed by atoms with van der Waals surface area (Å²) in [5, 5.41) is 5.79. The standard InChI is InChI=1S/C30H18ClNS/c31-21-14-16-29-25(18-21)23-10-6-12-28(30(23)33-29)32-26-11-5-4-9-22(26)24-17-20(13-15-27(24)32)19-7-2-1-3-8-19/h1-18H. The van der Waals surface area contributed by atoms with Gasteiger partial charge in [0, 0.05) is 31.3 Å². The van der Waals surface area contributed by atoms with Crippen LogP contribution in [0.2, 0.25) is 5.02 Å². The number of aromatic nitrogens is 1. The van der Waals surface area contributed by atoms with Crippen molar-refractivity contribution in [1.29, 1.82) is 0 Å². The first-order valence-corrected chi connectivity index (χ1v) is 12.2. The maximum Gasteiger partial charge on any atom is 0.0640 e. The van der Waals surface area contributed by atoms with Gasteiger partial charge >= 0.3 is 0 Å². The van der Waals surface area contributed by atoms with E-state index in [1.54, 1.807) is 0 Å². The zero-order chi connectivity index (χ0) is 21.9. The Labute approximate surface area is 200 Å². The number of fused-ring (bicyclic) bond motifs is 6. The Morgan fingerprint density at radius 1 is 0.545 bits per heavy atom. The maximum absolute atomic E-state index is 6.34. The predicted molar refractivity (Wildman–Crippen MR) is 144 cm³/mol. The molecule has 3 heteroatoms. The molecule has 7 aromatic rings. The van der Waals surface area contributed by atoms with Gasteiger partial charge in [0.1, 0.15) is 0 Å². The highest BCUT2D eigenvalue weighted by molar-refractivity contribution is 7.26. The Bertz CT molecular complexity index is 1830. The molecule has 5 aromatic carbocycles. The van der Waals surface area contributed by atoms with E-state index in [1.807, 2.05) is 17.4 Å². The molecule has 7 rings (SSSR count). The number of hydrogen-bond acceptors (Lipinski definition) is 1. The van der Waals surface area contributed by atoms with Crippen LogP contribution in [0.15, 0.2) is 109 Å². The lowest BCUT2D eigenvalue weighted by Crippen LogP contribution is -1.93. The molecule has 0 aliphatic rings. The molecule has 156 valence electrons. The lowest BCUT2D eigenvalue weighted by molar-refractivity contribution is 1.20. The quantitative estimate of drug-likeness (QED) is 0.242. The monoisotopic (exact) mass is 459 g/mol. The predicted octanol–water partition coefficient (Wildman–Crippen LogP) is 9.47. The van der Waals surface area contributed by atoms with Gasteiger partial charge in [-0.15, -0.1) is 11.3 Å². The average Bonchev–Trinajstić information content (AvgIpc) is 3.40. The molecule has 0 fully saturated rings. The number of thiophene rings is 1. The highest BCUT2D eigenvalue weighted by Gasteiger charge is 2.17. The summed E-state index contributed by atoms with van der Waals surface area (Å²) in [6, 6.07) is 38.9. The molecule has 0 N–H and O–H groups in total. The highest BCUT2D eigenvalue weighted by atomic mass is 35.5. The first-order valence-electron chi connectivity index (χ1n) is 11.0. The van der Waals surface area contributed by atoms with E-state index in [1.165, 1.54) is 58.8 Å². The van der Waals surface area contributed by atoms with E-state index in [4.69, 9.17) is 11.6 Å². The van der Waals surface area contributed by atoms with Crippen LogP contribution in [0.4, 0.5) is 0 Å². The molecule has 0 atom stereocenters. The van der Waals surface area contributed by atoms with Crippen LogP contribution in [-0.2, 0) is 0 Å². The zero-order valence-corrected chi connectivity index (χ0v) is 19.2. The molecule has 2 aromatic heterocycles. The summed E-state index contributed by atoms with van der Waals surface area (Å²) in [5.74, 6) is 0. The largest absolute Gasteiger partial charge is 0.308 e. The molecule has 0 amide bonds. The molecule has 2 heterocycles. The van der Waals surface area contributed by atoms with Gasteiger partial charge in [0.2, 0.25) is 0 Å². The van der Waals surface area contributed by atoms with Crippen molar-refractivity contribution in [3.05, 3.63) is 114 Å². The molecule has 0 radical (unpaired) electrons. The van der Waals surface area contributed by atoms with Crippen LogP contribution in [0, 0.1) is 0 Å². The second-order valence-electron chi connectivity index (χ2n) is 8.35. The van der Waals surface area contributed by atoms with Crippen molar-refractivity contribution in [3.63, 3.8) is 0 Å². The third kappa shape index (κ3) is 2.85. The van der Waals surface area contributed by atoms with Crippen molar-refractivity contribution in [1.82, 2.24) is 4.57 Å². The zero-order valence-electron chi connectivity index (χ0n) is 17.6. The van der Waals surface area contributed by atoms with E-state index >= 15 is 0 Å². The fourth-order valence-electron chi connectivity index (χ4n) is 4.97. The van der Waals surface area contributed by atoms with Crippen molar-refractivity contribution < 1.29 is 0 Å². The van der Waals surface area contributed by atoms with Crippen LogP contribution in [0.1, 0.15) is 0 Å². The van der Waals surface area contributed by atoms with Gasteiger partial charge in [0.15, 0.2) is 0 Å². The first kappa shape index (κ1) is 18.9. The summed E-state index contributed by atoms with van der Waals surface area (Å²) in [6.45, 7) is 0. The van der Waals surface area contributed by atoms with Gasteiger partial charge < -0.3 is 4.57 Å². The number of rotatable bonds is 2. The number of benzene rings is 5. The Hall–Kier alpha value is -3.59. The van der Waals surface area contributed by atoms with Gasteiger partial charge in [-0.05, 0) is 53.6 Å². The van der Waals surface area contributed by atoms with Crippen molar-refractivity contribution >= 4 is 64.9 Å². The molecule has 0 aliphatic heterocycles. The second-order valence-corrected chi connectivity index (χ2v) is 9.84. The average molecular weight is 460 g/mol. The van der Waals surface area contributed by atoms with E-state index in [9.17, 15) is 0 Å². The third-order valence-corrected chi connectivity index (χ3v) is 7.90. The molecular formula is C30H18ClNS. The number of nitrogens with zero attached hydrogens (tertiary/aromatic N) is 1.